The van der Waals surface area contributed by atoms with Crippen molar-refractivity contribution in [2.24, 2.45) is 5.41 Å². The molecular formula is C14H25NO3. The lowest BCUT2D eigenvalue weighted by Gasteiger charge is -2.34. The van der Waals surface area contributed by atoms with Crippen molar-refractivity contribution in [1.82, 2.24) is 4.90 Å². The maximum absolute atomic E-state index is 10.9. The van der Waals surface area contributed by atoms with Gasteiger partial charge >= 0.3 is 5.97 Å². The van der Waals surface area contributed by atoms with Gasteiger partial charge in [-0.1, -0.05) is 6.92 Å². The Balaban J connectivity index is 1.77. The molecule has 2 aliphatic rings. The number of ether oxygens (including phenoxy) is 1. The Kier molecular flexibility index (Phi) is 4.62. The van der Waals surface area contributed by atoms with E-state index in [0.29, 0.717) is 12.5 Å². The lowest BCUT2D eigenvalue weighted by molar-refractivity contribution is -0.138. The molecular weight excluding hydrogens is 230 g/mol. The zero-order valence-corrected chi connectivity index (χ0v) is 11.4. The molecule has 0 aromatic rings. The van der Waals surface area contributed by atoms with Crippen molar-refractivity contribution in [3.05, 3.63) is 0 Å². The summed E-state index contributed by atoms with van der Waals surface area (Å²) in [5.74, 6) is -0.650. The number of carbonyl (C=O) groups is 1. The van der Waals surface area contributed by atoms with Gasteiger partial charge in [0.1, 0.15) is 0 Å². The molecule has 2 fully saturated rings. The van der Waals surface area contributed by atoms with E-state index in [4.69, 9.17) is 9.84 Å². The highest BCUT2D eigenvalue weighted by atomic mass is 16.5. The van der Waals surface area contributed by atoms with E-state index in [0.717, 1.165) is 51.9 Å². The summed E-state index contributed by atoms with van der Waals surface area (Å²) in [5.41, 5.74) is 0.0818. The van der Waals surface area contributed by atoms with Crippen LogP contribution in [0, 0.1) is 5.41 Å². The summed E-state index contributed by atoms with van der Waals surface area (Å²) in [5, 5.41) is 8.94. The third kappa shape index (κ3) is 3.95. The maximum Gasteiger partial charge on any atom is 0.303 e. The Labute approximate surface area is 109 Å². The fourth-order valence-electron chi connectivity index (χ4n) is 2.94. The number of piperidine rings is 1. The van der Waals surface area contributed by atoms with Crippen molar-refractivity contribution < 1.29 is 14.6 Å². The van der Waals surface area contributed by atoms with E-state index < -0.39 is 5.97 Å². The van der Waals surface area contributed by atoms with E-state index in [2.05, 4.69) is 11.8 Å². The quantitative estimate of drug-likeness (QED) is 0.757. The fraction of sp³-hybridized carbons (Fsp3) is 0.929. The molecule has 2 rings (SSSR count). The van der Waals surface area contributed by atoms with Crippen molar-refractivity contribution >= 4 is 5.97 Å². The summed E-state index contributed by atoms with van der Waals surface area (Å²) in [6, 6.07) is 0. The minimum Gasteiger partial charge on any atom is -0.481 e. The third-order valence-electron chi connectivity index (χ3n) is 4.06. The average Bonchev–Trinajstić information content (AvgIpc) is 3.05. The van der Waals surface area contributed by atoms with Gasteiger partial charge in [0.05, 0.1) is 12.5 Å². The normalized spacial score (nSPS) is 27.1. The van der Waals surface area contributed by atoms with Crippen LogP contribution in [-0.4, -0.2) is 48.3 Å². The topological polar surface area (TPSA) is 49.8 Å². The highest BCUT2D eigenvalue weighted by molar-refractivity contribution is 5.68. The number of hydrogen-bond acceptors (Lipinski definition) is 3. The van der Waals surface area contributed by atoms with Crippen molar-refractivity contribution in [3.63, 3.8) is 0 Å². The van der Waals surface area contributed by atoms with E-state index in [-0.39, 0.29) is 5.41 Å². The number of hydrogen-bond donors (Lipinski definition) is 1. The predicted molar refractivity (Wildman–Crippen MR) is 69.6 cm³/mol. The van der Waals surface area contributed by atoms with E-state index in [9.17, 15) is 4.79 Å². The predicted octanol–water partition coefficient (Wildman–Crippen LogP) is 2.13. The highest BCUT2D eigenvalue weighted by Crippen LogP contribution is 2.49. The summed E-state index contributed by atoms with van der Waals surface area (Å²) in [6.45, 7) is 6.02. The average molecular weight is 255 g/mol. The molecule has 0 aromatic heterocycles. The van der Waals surface area contributed by atoms with Crippen LogP contribution >= 0.6 is 0 Å². The molecule has 104 valence electrons. The van der Waals surface area contributed by atoms with Gasteiger partial charge in [0.15, 0.2) is 0 Å². The molecule has 1 aliphatic carbocycles. The van der Waals surface area contributed by atoms with E-state index in [1.807, 2.05) is 0 Å². The van der Waals surface area contributed by atoms with Crippen LogP contribution in [0.1, 0.15) is 45.4 Å². The second-order valence-corrected chi connectivity index (χ2v) is 5.94. The van der Waals surface area contributed by atoms with Crippen LogP contribution in [0.4, 0.5) is 0 Å². The van der Waals surface area contributed by atoms with Crippen LogP contribution in [-0.2, 0) is 9.53 Å². The monoisotopic (exact) mass is 255 g/mol. The summed E-state index contributed by atoms with van der Waals surface area (Å²) >= 11 is 0. The molecule has 1 aliphatic heterocycles. The van der Waals surface area contributed by atoms with Crippen molar-refractivity contribution in [3.8, 4) is 0 Å². The van der Waals surface area contributed by atoms with Crippen LogP contribution in [0.5, 0.6) is 0 Å². The molecule has 0 radical (unpaired) electrons. The maximum atomic E-state index is 10.9. The minimum absolute atomic E-state index is 0.0818. The van der Waals surface area contributed by atoms with Crippen LogP contribution in [0.2, 0.25) is 0 Å². The Morgan fingerprint density at radius 2 is 2.28 bits per heavy atom. The molecule has 0 amide bonds. The molecule has 1 N–H and O–H groups in total. The van der Waals surface area contributed by atoms with Crippen LogP contribution in [0.3, 0.4) is 0 Å². The Bertz CT molecular complexity index is 289. The van der Waals surface area contributed by atoms with Gasteiger partial charge in [-0.25, -0.2) is 0 Å². The van der Waals surface area contributed by atoms with Crippen LogP contribution in [0.25, 0.3) is 0 Å². The number of nitrogens with zero attached hydrogens (tertiary/aromatic N) is 1. The van der Waals surface area contributed by atoms with Gasteiger partial charge in [-0.2, -0.15) is 0 Å². The molecule has 1 atom stereocenters. The fourth-order valence-corrected chi connectivity index (χ4v) is 2.94. The summed E-state index contributed by atoms with van der Waals surface area (Å²) < 4.78 is 5.82. The molecule has 0 spiro atoms. The molecule has 0 bridgehead atoms. The van der Waals surface area contributed by atoms with Gasteiger partial charge in [0, 0.05) is 19.7 Å². The van der Waals surface area contributed by atoms with E-state index >= 15 is 0 Å². The van der Waals surface area contributed by atoms with Crippen molar-refractivity contribution in [1.29, 1.82) is 0 Å². The van der Waals surface area contributed by atoms with E-state index in [1.165, 1.54) is 6.42 Å². The second kappa shape index (κ2) is 6.02. The molecule has 1 saturated heterocycles. The number of likely N-dealkylation sites (tertiary alicyclic amines) is 1. The number of rotatable bonds is 7. The first kappa shape index (κ1) is 13.8. The molecule has 0 aromatic carbocycles. The summed E-state index contributed by atoms with van der Waals surface area (Å²) in [4.78, 5) is 13.3. The Morgan fingerprint density at radius 3 is 2.89 bits per heavy atom. The van der Waals surface area contributed by atoms with Gasteiger partial charge < -0.3 is 14.7 Å². The number of carboxylic acid groups (broad SMARTS) is 1. The standard InChI is InChI=1S/C14H25NO3/c1-2-8-18-12-4-3-7-15(10-12)11-14(5-6-14)9-13(16)17/h12H,2-11H2,1H3,(H,16,17). The summed E-state index contributed by atoms with van der Waals surface area (Å²) in [7, 11) is 0. The van der Waals surface area contributed by atoms with Crippen molar-refractivity contribution in [2.75, 3.05) is 26.2 Å². The number of carboxylic acids is 1. The van der Waals surface area contributed by atoms with Gasteiger partial charge in [0.2, 0.25) is 0 Å². The second-order valence-electron chi connectivity index (χ2n) is 5.94. The number of aliphatic carboxylic acids is 1. The molecule has 1 unspecified atom stereocenters. The Hall–Kier alpha value is -0.610. The van der Waals surface area contributed by atoms with Crippen LogP contribution < -0.4 is 0 Å². The highest BCUT2D eigenvalue weighted by Gasteiger charge is 2.45. The van der Waals surface area contributed by atoms with Gasteiger partial charge in [-0.3, -0.25) is 4.79 Å². The zero-order chi connectivity index (χ0) is 13.0. The minimum atomic E-state index is -0.650. The third-order valence-corrected chi connectivity index (χ3v) is 4.06. The zero-order valence-electron chi connectivity index (χ0n) is 11.4. The van der Waals surface area contributed by atoms with Gasteiger partial charge in [-0.15, -0.1) is 0 Å². The SMILES string of the molecule is CCCOC1CCCN(CC2(CC(=O)O)CC2)C1. The molecule has 1 heterocycles. The van der Waals surface area contributed by atoms with E-state index in [1.54, 1.807) is 0 Å². The Morgan fingerprint density at radius 1 is 1.50 bits per heavy atom. The lowest BCUT2D eigenvalue weighted by Crippen LogP contribution is -2.42. The lowest BCUT2D eigenvalue weighted by atomic mass is 9.99. The molecule has 18 heavy (non-hydrogen) atoms. The van der Waals surface area contributed by atoms with Gasteiger partial charge in [0.25, 0.3) is 0 Å². The van der Waals surface area contributed by atoms with Crippen LogP contribution in [0.15, 0.2) is 0 Å². The van der Waals surface area contributed by atoms with Crippen molar-refractivity contribution in [2.45, 2.75) is 51.6 Å². The summed E-state index contributed by atoms with van der Waals surface area (Å²) in [6.07, 6.45) is 6.26. The smallest absolute Gasteiger partial charge is 0.303 e. The first-order valence-electron chi connectivity index (χ1n) is 7.19. The molecule has 4 nitrogen and oxygen atoms in total. The first-order valence-corrected chi connectivity index (χ1v) is 7.19. The molecule has 1 saturated carbocycles. The first-order chi connectivity index (χ1) is 8.63. The van der Waals surface area contributed by atoms with Gasteiger partial charge in [-0.05, 0) is 44.1 Å². The molecule has 4 heteroatoms. The largest absolute Gasteiger partial charge is 0.481 e.